The summed E-state index contributed by atoms with van der Waals surface area (Å²) < 4.78 is 0. The second kappa shape index (κ2) is 9.13. The molecule has 3 N–H and O–H groups in total. The zero-order chi connectivity index (χ0) is 21.6. The van der Waals surface area contributed by atoms with E-state index in [1.807, 2.05) is 48.5 Å². The lowest BCUT2D eigenvalue weighted by Crippen LogP contribution is -2.53. The van der Waals surface area contributed by atoms with E-state index < -0.39 is 12.1 Å². The van der Waals surface area contributed by atoms with Crippen molar-refractivity contribution in [2.75, 3.05) is 22.1 Å². The Bertz CT molecular complexity index is 1090. The van der Waals surface area contributed by atoms with Crippen LogP contribution in [-0.4, -0.2) is 30.4 Å². The molecule has 1 aliphatic rings. The average molecular weight is 414 g/mol. The van der Waals surface area contributed by atoms with E-state index in [2.05, 4.69) is 16.0 Å². The van der Waals surface area contributed by atoms with Crippen molar-refractivity contribution in [1.29, 1.82) is 0 Å². The molecule has 0 aliphatic carbocycles. The standard InChI is InChI=1S/C24H22N4O3/c29-22-16-28(21-14-8-7-13-19(21)26-22)24(31)27-20(15-17-9-3-1-4-10-17)23(30)25-18-11-5-2-6-12-18/h1-14,20H,15-16H2,(H,25,30)(H,26,29)(H,27,31)/t20-/m1/s1. The fourth-order valence-electron chi connectivity index (χ4n) is 3.45. The number of urea groups is 1. The maximum atomic E-state index is 13.1. The summed E-state index contributed by atoms with van der Waals surface area (Å²) in [5.41, 5.74) is 2.69. The third kappa shape index (κ3) is 4.90. The summed E-state index contributed by atoms with van der Waals surface area (Å²) in [5.74, 6) is -0.625. The van der Waals surface area contributed by atoms with Gasteiger partial charge in [-0.25, -0.2) is 4.79 Å². The Morgan fingerprint density at radius 3 is 2.29 bits per heavy atom. The van der Waals surface area contributed by atoms with Gasteiger partial charge in [-0.1, -0.05) is 60.7 Å². The molecule has 1 heterocycles. The van der Waals surface area contributed by atoms with Crippen LogP contribution in [-0.2, 0) is 16.0 Å². The molecule has 7 heteroatoms. The third-order valence-corrected chi connectivity index (χ3v) is 4.95. The van der Waals surface area contributed by atoms with Crippen molar-refractivity contribution in [1.82, 2.24) is 5.32 Å². The number of fused-ring (bicyclic) bond motifs is 1. The molecule has 0 unspecified atom stereocenters. The molecule has 156 valence electrons. The van der Waals surface area contributed by atoms with Crippen molar-refractivity contribution >= 4 is 34.9 Å². The van der Waals surface area contributed by atoms with Crippen LogP contribution in [0.1, 0.15) is 5.56 Å². The molecule has 3 aromatic rings. The minimum Gasteiger partial charge on any atom is -0.326 e. The lowest BCUT2D eigenvalue weighted by atomic mass is 10.1. The Labute approximate surface area is 180 Å². The minimum absolute atomic E-state index is 0.124. The first kappa shape index (κ1) is 20.2. The van der Waals surface area contributed by atoms with Crippen LogP contribution in [0.4, 0.5) is 21.9 Å². The van der Waals surface area contributed by atoms with E-state index in [0.717, 1.165) is 5.56 Å². The molecule has 0 saturated heterocycles. The number of nitrogens with one attached hydrogen (secondary N) is 3. The van der Waals surface area contributed by atoms with E-state index >= 15 is 0 Å². The average Bonchev–Trinajstić information content (AvgIpc) is 2.79. The molecule has 4 rings (SSSR count). The van der Waals surface area contributed by atoms with Crippen LogP contribution < -0.4 is 20.9 Å². The van der Waals surface area contributed by atoms with Crippen LogP contribution in [0.3, 0.4) is 0 Å². The number of hydrogen-bond donors (Lipinski definition) is 3. The number of carbonyl (C=O) groups is 3. The summed E-state index contributed by atoms with van der Waals surface area (Å²) in [6, 6.07) is 24.3. The van der Waals surface area contributed by atoms with Gasteiger partial charge in [0.2, 0.25) is 11.8 Å². The van der Waals surface area contributed by atoms with Gasteiger partial charge in [-0.05, 0) is 29.8 Å². The van der Waals surface area contributed by atoms with Crippen molar-refractivity contribution in [2.24, 2.45) is 0 Å². The second-order valence-corrected chi connectivity index (χ2v) is 7.20. The highest BCUT2D eigenvalue weighted by molar-refractivity contribution is 6.10. The molecule has 1 aliphatic heterocycles. The summed E-state index contributed by atoms with van der Waals surface area (Å²) in [5, 5.41) is 8.41. The second-order valence-electron chi connectivity index (χ2n) is 7.20. The van der Waals surface area contributed by atoms with Crippen molar-refractivity contribution in [3.63, 3.8) is 0 Å². The highest BCUT2D eigenvalue weighted by atomic mass is 16.2. The summed E-state index contributed by atoms with van der Waals surface area (Å²) in [6.45, 7) is -0.124. The fourth-order valence-corrected chi connectivity index (χ4v) is 3.45. The van der Waals surface area contributed by atoms with Gasteiger partial charge >= 0.3 is 6.03 Å². The molecular weight excluding hydrogens is 392 g/mol. The quantitative estimate of drug-likeness (QED) is 0.598. The Morgan fingerprint density at radius 2 is 1.55 bits per heavy atom. The summed E-state index contributed by atoms with van der Waals surface area (Å²) in [4.78, 5) is 39.6. The lowest BCUT2D eigenvalue weighted by molar-refractivity contribution is -0.118. The summed E-state index contributed by atoms with van der Waals surface area (Å²) >= 11 is 0. The maximum absolute atomic E-state index is 13.1. The van der Waals surface area contributed by atoms with E-state index in [1.165, 1.54) is 4.90 Å². The smallest absolute Gasteiger partial charge is 0.323 e. The molecule has 7 nitrogen and oxygen atoms in total. The first-order valence-corrected chi connectivity index (χ1v) is 9.97. The van der Waals surface area contributed by atoms with E-state index in [4.69, 9.17) is 0 Å². The zero-order valence-corrected chi connectivity index (χ0v) is 16.7. The van der Waals surface area contributed by atoms with Crippen molar-refractivity contribution in [3.05, 3.63) is 90.5 Å². The largest absolute Gasteiger partial charge is 0.326 e. The number of nitrogens with zero attached hydrogens (tertiary/aromatic N) is 1. The molecule has 31 heavy (non-hydrogen) atoms. The Kier molecular flexibility index (Phi) is 5.93. The van der Waals surface area contributed by atoms with Gasteiger partial charge in [0, 0.05) is 12.1 Å². The molecule has 4 amide bonds. The van der Waals surface area contributed by atoms with Crippen molar-refractivity contribution < 1.29 is 14.4 Å². The summed E-state index contributed by atoms with van der Waals surface area (Å²) in [6.07, 6.45) is 0.312. The van der Waals surface area contributed by atoms with Gasteiger partial charge in [-0.3, -0.25) is 14.5 Å². The molecule has 0 saturated carbocycles. The van der Waals surface area contributed by atoms with Crippen molar-refractivity contribution in [3.8, 4) is 0 Å². The molecule has 3 aromatic carbocycles. The van der Waals surface area contributed by atoms with Gasteiger partial charge in [0.15, 0.2) is 0 Å². The monoisotopic (exact) mass is 414 g/mol. The number of para-hydroxylation sites is 3. The van der Waals surface area contributed by atoms with Crippen molar-refractivity contribution in [2.45, 2.75) is 12.5 Å². The molecule has 0 aromatic heterocycles. The molecule has 1 atom stereocenters. The molecule has 0 radical (unpaired) electrons. The third-order valence-electron chi connectivity index (χ3n) is 4.95. The maximum Gasteiger partial charge on any atom is 0.323 e. The van der Waals surface area contributed by atoms with Crippen LogP contribution in [0.25, 0.3) is 0 Å². The number of amides is 4. The Balaban J connectivity index is 1.56. The Morgan fingerprint density at radius 1 is 0.903 bits per heavy atom. The van der Waals surface area contributed by atoms with Crippen LogP contribution >= 0.6 is 0 Å². The number of rotatable bonds is 5. The highest BCUT2D eigenvalue weighted by Gasteiger charge is 2.30. The molecule has 0 spiro atoms. The molecule has 0 fully saturated rings. The van der Waals surface area contributed by atoms with Gasteiger partial charge in [-0.2, -0.15) is 0 Å². The SMILES string of the molecule is O=C1CN(C(=O)N[C@H](Cc2ccccc2)C(=O)Nc2ccccc2)c2ccccc2N1. The summed E-state index contributed by atoms with van der Waals surface area (Å²) in [7, 11) is 0. The van der Waals surface area contributed by atoms with Gasteiger partial charge in [0.05, 0.1) is 11.4 Å². The van der Waals surface area contributed by atoms with E-state index in [0.29, 0.717) is 23.5 Å². The Hall–Kier alpha value is -4.13. The van der Waals surface area contributed by atoms with Gasteiger partial charge in [-0.15, -0.1) is 0 Å². The topological polar surface area (TPSA) is 90.5 Å². The van der Waals surface area contributed by atoms with Crippen LogP contribution in [0, 0.1) is 0 Å². The van der Waals surface area contributed by atoms with Gasteiger partial charge in [0.25, 0.3) is 0 Å². The van der Waals surface area contributed by atoms with E-state index in [1.54, 1.807) is 36.4 Å². The van der Waals surface area contributed by atoms with Crippen LogP contribution in [0.5, 0.6) is 0 Å². The highest BCUT2D eigenvalue weighted by Crippen LogP contribution is 2.28. The zero-order valence-electron chi connectivity index (χ0n) is 16.7. The minimum atomic E-state index is -0.827. The van der Waals surface area contributed by atoms with Crippen LogP contribution in [0.2, 0.25) is 0 Å². The number of hydrogen-bond acceptors (Lipinski definition) is 3. The van der Waals surface area contributed by atoms with E-state index in [9.17, 15) is 14.4 Å². The predicted molar refractivity (Wildman–Crippen MR) is 120 cm³/mol. The van der Waals surface area contributed by atoms with Gasteiger partial charge in [0.1, 0.15) is 12.6 Å². The normalized spacial score (nSPS) is 13.5. The fraction of sp³-hybridized carbons (Fsp3) is 0.125. The van der Waals surface area contributed by atoms with E-state index in [-0.39, 0.29) is 18.4 Å². The number of anilines is 3. The molecular formula is C24H22N4O3. The predicted octanol–water partition coefficient (Wildman–Crippen LogP) is 3.40. The van der Waals surface area contributed by atoms with Crippen LogP contribution in [0.15, 0.2) is 84.9 Å². The first-order valence-electron chi connectivity index (χ1n) is 9.97. The number of carbonyl (C=O) groups excluding carboxylic acids is 3. The first-order chi connectivity index (χ1) is 15.1. The molecule has 0 bridgehead atoms. The number of benzene rings is 3. The van der Waals surface area contributed by atoms with Gasteiger partial charge < -0.3 is 16.0 Å². The lowest BCUT2D eigenvalue weighted by Gasteiger charge is -2.30.